The summed E-state index contributed by atoms with van der Waals surface area (Å²) in [5.41, 5.74) is 3.98. The van der Waals surface area contributed by atoms with Crippen molar-refractivity contribution in [1.29, 1.82) is 0 Å². The van der Waals surface area contributed by atoms with E-state index in [2.05, 4.69) is 148 Å². The van der Waals surface area contributed by atoms with Gasteiger partial charge in [-0.1, -0.05) is 117 Å². The molecule has 0 aliphatic rings. The third-order valence-electron chi connectivity index (χ3n) is 8.24. The van der Waals surface area contributed by atoms with Crippen LogP contribution in [0.25, 0.3) is 10.8 Å². The molecule has 0 saturated carbocycles. The second-order valence-corrected chi connectivity index (χ2v) is 11.2. The van der Waals surface area contributed by atoms with Crippen molar-refractivity contribution in [1.82, 2.24) is 9.80 Å². The predicted molar refractivity (Wildman–Crippen MR) is 164 cm³/mol. The van der Waals surface area contributed by atoms with E-state index in [0.717, 1.165) is 25.7 Å². The van der Waals surface area contributed by atoms with Gasteiger partial charge < -0.3 is 4.90 Å². The Balaban J connectivity index is 1.84. The van der Waals surface area contributed by atoms with Crippen LogP contribution in [0.2, 0.25) is 0 Å². The Labute approximate surface area is 231 Å². The molecule has 0 aromatic heterocycles. The maximum absolute atomic E-state index is 2.50. The van der Waals surface area contributed by atoms with Gasteiger partial charge in [-0.15, -0.1) is 0 Å². The van der Waals surface area contributed by atoms with Crippen molar-refractivity contribution in [2.75, 3.05) is 28.2 Å². The average Bonchev–Trinajstić information content (AvgIpc) is 2.94. The molecule has 0 aliphatic carbocycles. The van der Waals surface area contributed by atoms with Gasteiger partial charge in [0.15, 0.2) is 0 Å². The smallest absolute Gasteiger partial charge is 0.0559 e. The number of hydrogen-bond donors (Lipinski definition) is 0. The summed E-state index contributed by atoms with van der Waals surface area (Å²) in [5, 5.41) is 2.61. The van der Waals surface area contributed by atoms with Crippen molar-refractivity contribution in [2.45, 2.75) is 57.0 Å². The van der Waals surface area contributed by atoms with Crippen molar-refractivity contribution >= 4 is 10.8 Å². The number of fused-ring (bicyclic) bond motifs is 1. The summed E-state index contributed by atoms with van der Waals surface area (Å²) in [6.45, 7) is 2.32. The molecule has 0 heterocycles. The molecule has 0 spiro atoms. The highest BCUT2D eigenvalue weighted by atomic mass is 15.2. The molecule has 199 valence electrons. The van der Waals surface area contributed by atoms with Gasteiger partial charge in [-0.3, -0.25) is 4.90 Å². The van der Waals surface area contributed by atoms with Crippen LogP contribution in [0.15, 0.2) is 103 Å². The molecule has 0 saturated heterocycles. The lowest BCUT2D eigenvalue weighted by Crippen LogP contribution is -2.50. The standard InChI is InChI=1S/C36H45N2/c1-6-7-22-33(27-35(37(2)3)25-29-16-10-8-11-17-29)36(38(4)5,28-30-18-12-9-13-19-30)34-24-23-31-20-14-15-21-32(31)26-34/h8-21,23-24,26,35H,6-7,22,25,27-28H2,1-5H3. The highest BCUT2D eigenvalue weighted by Gasteiger charge is 2.44. The molecule has 38 heavy (non-hydrogen) atoms. The fraction of sp³-hybridized carbons (Fsp3) is 0.361. The molecule has 0 amide bonds. The van der Waals surface area contributed by atoms with Crippen molar-refractivity contribution in [2.24, 2.45) is 0 Å². The Kier molecular flexibility index (Phi) is 9.77. The highest BCUT2D eigenvalue weighted by Crippen LogP contribution is 2.45. The summed E-state index contributed by atoms with van der Waals surface area (Å²) in [6, 6.07) is 38.4. The van der Waals surface area contributed by atoms with E-state index in [1.165, 1.54) is 40.3 Å². The van der Waals surface area contributed by atoms with Gasteiger partial charge in [0.25, 0.3) is 0 Å². The Hall–Kier alpha value is -2.94. The van der Waals surface area contributed by atoms with Gasteiger partial charge in [0.05, 0.1) is 5.54 Å². The van der Waals surface area contributed by atoms with Gasteiger partial charge in [-0.25, -0.2) is 0 Å². The maximum atomic E-state index is 2.50. The predicted octanol–water partition coefficient (Wildman–Crippen LogP) is 8.17. The van der Waals surface area contributed by atoms with Gasteiger partial charge in [-0.2, -0.15) is 0 Å². The maximum Gasteiger partial charge on any atom is 0.0559 e. The summed E-state index contributed by atoms with van der Waals surface area (Å²) >= 11 is 0. The lowest BCUT2D eigenvalue weighted by atomic mass is 9.68. The van der Waals surface area contributed by atoms with E-state index >= 15 is 0 Å². The lowest BCUT2D eigenvalue weighted by molar-refractivity contribution is 0.136. The van der Waals surface area contributed by atoms with Crippen molar-refractivity contribution in [3.63, 3.8) is 0 Å². The molecule has 4 aromatic rings. The molecule has 4 aromatic carbocycles. The third-order valence-corrected chi connectivity index (χ3v) is 8.24. The quantitative estimate of drug-likeness (QED) is 0.181. The van der Waals surface area contributed by atoms with E-state index in [1.807, 2.05) is 0 Å². The molecule has 0 N–H and O–H groups in total. The van der Waals surface area contributed by atoms with E-state index in [-0.39, 0.29) is 5.54 Å². The fourth-order valence-electron chi connectivity index (χ4n) is 5.98. The van der Waals surface area contributed by atoms with E-state index in [9.17, 15) is 0 Å². The minimum Gasteiger partial charge on any atom is -0.306 e. The minimum atomic E-state index is -0.203. The van der Waals surface area contributed by atoms with E-state index in [1.54, 1.807) is 5.92 Å². The SMILES string of the molecule is CCCC[C](CC(Cc1ccccc1)N(C)C)C(Cc1ccccc1)(c1ccc2ccccc2c1)N(C)C. The van der Waals surface area contributed by atoms with Crippen molar-refractivity contribution in [3.05, 3.63) is 126 Å². The number of likely N-dealkylation sites (N-methyl/N-ethyl adjacent to an activating group) is 2. The number of benzene rings is 4. The third kappa shape index (κ3) is 6.54. The van der Waals surface area contributed by atoms with Gasteiger partial charge in [-0.05, 0) is 87.4 Å². The Morgan fingerprint density at radius 1 is 0.711 bits per heavy atom. The van der Waals surface area contributed by atoms with Crippen molar-refractivity contribution in [3.8, 4) is 0 Å². The van der Waals surface area contributed by atoms with Crippen LogP contribution in [0.5, 0.6) is 0 Å². The Morgan fingerprint density at radius 2 is 1.32 bits per heavy atom. The normalized spacial score (nSPS) is 14.3. The lowest BCUT2D eigenvalue weighted by Gasteiger charge is -2.48. The zero-order valence-electron chi connectivity index (χ0n) is 24.0. The van der Waals surface area contributed by atoms with Crippen LogP contribution in [0.1, 0.15) is 49.3 Å². The summed E-state index contributed by atoms with van der Waals surface area (Å²) in [5.74, 6) is 1.64. The molecular formula is C36H45N2. The number of unbranched alkanes of at least 4 members (excludes halogenated alkanes) is 1. The molecule has 2 atom stereocenters. The molecule has 2 heteroatoms. The number of rotatable bonds is 13. The van der Waals surface area contributed by atoms with Crippen LogP contribution < -0.4 is 0 Å². The topological polar surface area (TPSA) is 6.48 Å². The largest absolute Gasteiger partial charge is 0.306 e. The van der Waals surface area contributed by atoms with Crippen LogP contribution in [-0.4, -0.2) is 44.0 Å². The van der Waals surface area contributed by atoms with Crippen LogP contribution in [0.3, 0.4) is 0 Å². The first-order chi connectivity index (χ1) is 18.4. The number of nitrogens with zero attached hydrogens (tertiary/aromatic N) is 2. The van der Waals surface area contributed by atoms with Gasteiger partial charge in [0.1, 0.15) is 0 Å². The molecule has 0 fully saturated rings. The zero-order chi connectivity index (χ0) is 27.0. The first-order valence-electron chi connectivity index (χ1n) is 14.2. The van der Waals surface area contributed by atoms with Gasteiger partial charge >= 0.3 is 0 Å². The van der Waals surface area contributed by atoms with E-state index in [0.29, 0.717) is 6.04 Å². The van der Waals surface area contributed by atoms with Gasteiger partial charge in [0, 0.05) is 12.0 Å². The summed E-state index contributed by atoms with van der Waals surface area (Å²) in [6.07, 6.45) is 6.62. The average molecular weight is 506 g/mol. The van der Waals surface area contributed by atoms with Crippen molar-refractivity contribution < 1.29 is 0 Å². The second-order valence-electron chi connectivity index (χ2n) is 11.2. The molecule has 1 radical (unpaired) electrons. The first kappa shape index (κ1) is 28.1. The van der Waals surface area contributed by atoms with E-state index < -0.39 is 0 Å². The first-order valence-corrected chi connectivity index (χ1v) is 14.2. The molecule has 4 rings (SSSR count). The van der Waals surface area contributed by atoms with Gasteiger partial charge in [0.2, 0.25) is 0 Å². The zero-order valence-corrected chi connectivity index (χ0v) is 24.0. The van der Waals surface area contributed by atoms with Crippen LogP contribution >= 0.6 is 0 Å². The fourth-order valence-corrected chi connectivity index (χ4v) is 5.98. The summed E-state index contributed by atoms with van der Waals surface area (Å²) < 4.78 is 0. The highest BCUT2D eigenvalue weighted by molar-refractivity contribution is 5.83. The molecule has 0 aliphatic heterocycles. The van der Waals surface area contributed by atoms with Crippen LogP contribution in [0, 0.1) is 5.92 Å². The molecule has 0 bridgehead atoms. The molecule has 2 unspecified atom stereocenters. The van der Waals surface area contributed by atoms with Crippen LogP contribution in [-0.2, 0) is 18.4 Å². The minimum absolute atomic E-state index is 0.203. The Bertz CT molecular complexity index is 1250. The molecular weight excluding hydrogens is 460 g/mol. The van der Waals surface area contributed by atoms with E-state index in [4.69, 9.17) is 0 Å². The Morgan fingerprint density at radius 3 is 1.92 bits per heavy atom. The molecule has 2 nitrogen and oxygen atoms in total. The summed E-state index contributed by atoms with van der Waals surface area (Å²) in [4.78, 5) is 4.94. The van der Waals surface area contributed by atoms with Crippen LogP contribution in [0.4, 0.5) is 0 Å². The summed E-state index contributed by atoms with van der Waals surface area (Å²) in [7, 11) is 9.06. The second kappa shape index (κ2) is 13.2. The monoisotopic (exact) mass is 505 g/mol. The number of hydrogen-bond acceptors (Lipinski definition) is 2.